The number of carbonyl (C=O) groups is 3. The van der Waals surface area contributed by atoms with Gasteiger partial charge in [-0.2, -0.15) is 0 Å². The molecule has 0 rings (SSSR count). The van der Waals surface area contributed by atoms with Crippen LogP contribution in [0.3, 0.4) is 0 Å². The number of carbonyl (C=O) groups excluding carboxylic acids is 2. The van der Waals surface area contributed by atoms with Gasteiger partial charge in [0.25, 0.3) is 0 Å². The molecule has 0 radical (unpaired) electrons. The number of nitrogens with one attached hydrogen (secondary N) is 1. The summed E-state index contributed by atoms with van der Waals surface area (Å²) >= 11 is 0. The second kappa shape index (κ2) is 32.8. The van der Waals surface area contributed by atoms with Crippen molar-refractivity contribution < 1.29 is 24.2 Å². The highest BCUT2D eigenvalue weighted by molar-refractivity contribution is 5.84. The van der Waals surface area contributed by atoms with E-state index in [0.717, 1.165) is 44.4 Å². The van der Waals surface area contributed by atoms with Crippen LogP contribution in [0.4, 0.5) is 0 Å². The van der Waals surface area contributed by atoms with Gasteiger partial charge in [-0.05, 0) is 25.2 Å². The molecule has 0 fully saturated rings. The molecule has 0 aromatic rings. The van der Waals surface area contributed by atoms with Gasteiger partial charge in [0.05, 0.1) is 6.61 Å². The van der Waals surface area contributed by atoms with E-state index >= 15 is 0 Å². The van der Waals surface area contributed by atoms with E-state index in [4.69, 9.17) is 9.84 Å². The summed E-state index contributed by atoms with van der Waals surface area (Å²) in [5, 5.41) is 11.8. The first-order chi connectivity index (χ1) is 21.4. The van der Waals surface area contributed by atoms with Crippen molar-refractivity contribution in [3.8, 4) is 0 Å². The number of unbranched alkanes of at least 4 members (excludes halogenated alkanes) is 23. The van der Waals surface area contributed by atoms with Crippen LogP contribution in [0.1, 0.15) is 207 Å². The molecule has 0 aliphatic heterocycles. The number of rotatable bonds is 34. The summed E-state index contributed by atoms with van der Waals surface area (Å²) in [4.78, 5) is 36.1. The average Bonchev–Trinajstić information content (AvgIpc) is 2.99. The molecule has 1 atom stereocenters. The molecule has 6 nitrogen and oxygen atoms in total. The maximum Gasteiger partial charge on any atom is 0.328 e. The SMILES string of the molecule is CCCCCCCCCCCCC(=O)N[C@@H](CCC(=O)O)C(=O)OCCCCCCCCCCCCCCCCCC(C)C. The van der Waals surface area contributed by atoms with Crippen LogP contribution in [-0.4, -0.2) is 35.6 Å². The molecule has 0 aromatic carbocycles. The van der Waals surface area contributed by atoms with Gasteiger partial charge in [0.15, 0.2) is 0 Å². The number of carboxylic acids is 1. The Morgan fingerprint density at radius 3 is 1.39 bits per heavy atom. The first-order valence-corrected chi connectivity index (χ1v) is 19.0. The second-order valence-corrected chi connectivity index (χ2v) is 13.6. The Bertz CT molecular complexity index is 666. The Hall–Kier alpha value is -1.59. The fourth-order valence-electron chi connectivity index (χ4n) is 5.78. The zero-order valence-corrected chi connectivity index (χ0v) is 29.4. The summed E-state index contributed by atoms with van der Waals surface area (Å²) in [6, 6.07) is -0.878. The summed E-state index contributed by atoms with van der Waals surface area (Å²) < 4.78 is 5.42. The minimum atomic E-state index is -0.977. The van der Waals surface area contributed by atoms with E-state index in [1.165, 1.54) is 128 Å². The first-order valence-electron chi connectivity index (χ1n) is 19.0. The van der Waals surface area contributed by atoms with Crippen LogP contribution in [0, 0.1) is 5.92 Å². The number of carboxylic acid groups (broad SMARTS) is 1. The molecule has 0 aliphatic rings. The minimum Gasteiger partial charge on any atom is -0.481 e. The minimum absolute atomic E-state index is 0.0659. The number of amides is 1. The van der Waals surface area contributed by atoms with Gasteiger partial charge in [-0.25, -0.2) is 4.79 Å². The molecule has 6 heteroatoms. The lowest BCUT2D eigenvalue weighted by Gasteiger charge is -2.17. The molecule has 0 saturated heterocycles. The van der Waals surface area contributed by atoms with Crippen LogP contribution in [0.5, 0.6) is 0 Å². The third-order valence-corrected chi connectivity index (χ3v) is 8.69. The van der Waals surface area contributed by atoms with E-state index in [-0.39, 0.29) is 18.7 Å². The Morgan fingerprint density at radius 2 is 0.955 bits per heavy atom. The molecule has 0 bridgehead atoms. The number of hydrogen-bond donors (Lipinski definition) is 2. The fourth-order valence-corrected chi connectivity index (χ4v) is 5.78. The number of hydrogen-bond acceptors (Lipinski definition) is 4. The Kier molecular flexibility index (Phi) is 31.6. The maximum absolute atomic E-state index is 12.6. The molecular formula is C38H73NO5. The predicted octanol–water partition coefficient (Wildman–Crippen LogP) is 11.1. The number of esters is 1. The summed E-state index contributed by atoms with van der Waals surface area (Å²) in [6.45, 7) is 7.19. The van der Waals surface area contributed by atoms with Gasteiger partial charge in [0, 0.05) is 12.8 Å². The highest BCUT2D eigenvalue weighted by atomic mass is 16.5. The zero-order chi connectivity index (χ0) is 32.5. The molecular weight excluding hydrogens is 550 g/mol. The lowest BCUT2D eigenvalue weighted by Crippen LogP contribution is -2.42. The molecule has 0 aliphatic carbocycles. The van der Waals surface area contributed by atoms with Gasteiger partial charge in [-0.3, -0.25) is 9.59 Å². The van der Waals surface area contributed by atoms with Gasteiger partial charge >= 0.3 is 11.9 Å². The van der Waals surface area contributed by atoms with E-state index in [2.05, 4.69) is 26.1 Å². The molecule has 0 saturated carbocycles. The summed E-state index contributed by atoms with van der Waals surface area (Å²) in [6.07, 6.45) is 32.9. The summed E-state index contributed by atoms with van der Waals surface area (Å²) in [7, 11) is 0. The molecule has 44 heavy (non-hydrogen) atoms. The van der Waals surface area contributed by atoms with Gasteiger partial charge in [-0.15, -0.1) is 0 Å². The standard InChI is InChI=1S/C38H73NO5/c1-4-5-6-7-8-9-18-21-24-27-30-36(40)39-35(31-32-37(41)42)38(43)44-33-28-25-22-19-16-14-12-10-11-13-15-17-20-23-26-29-34(2)3/h34-35H,4-33H2,1-3H3,(H,39,40)(H,41,42)/t35-/m0/s1. The molecule has 1 amide bonds. The number of aliphatic carboxylic acids is 1. The summed E-state index contributed by atoms with van der Waals surface area (Å²) in [5.74, 6) is -0.825. The fraction of sp³-hybridized carbons (Fsp3) is 0.921. The average molecular weight is 624 g/mol. The second-order valence-electron chi connectivity index (χ2n) is 13.6. The zero-order valence-electron chi connectivity index (χ0n) is 29.4. The van der Waals surface area contributed by atoms with Crippen molar-refractivity contribution in [1.82, 2.24) is 5.32 Å². The van der Waals surface area contributed by atoms with Crippen molar-refractivity contribution in [2.45, 2.75) is 213 Å². The molecule has 0 unspecified atom stereocenters. The van der Waals surface area contributed by atoms with Gasteiger partial charge in [0.2, 0.25) is 5.91 Å². The van der Waals surface area contributed by atoms with E-state index in [1.54, 1.807) is 0 Å². The Morgan fingerprint density at radius 1 is 0.545 bits per heavy atom. The van der Waals surface area contributed by atoms with Crippen molar-refractivity contribution in [2.24, 2.45) is 5.92 Å². The molecule has 0 spiro atoms. The first kappa shape index (κ1) is 42.4. The largest absolute Gasteiger partial charge is 0.481 e. The molecule has 0 heterocycles. The maximum atomic E-state index is 12.6. The van der Waals surface area contributed by atoms with Crippen LogP contribution in [0.2, 0.25) is 0 Å². The molecule has 0 aromatic heterocycles. The van der Waals surface area contributed by atoms with Crippen molar-refractivity contribution in [2.75, 3.05) is 6.61 Å². The van der Waals surface area contributed by atoms with Crippen molar-refractivity contribution in [3.63, 3.8) is 0 Å². The van der Waals surface area contributed by atoms with Crippen LogP contribution >= 0.6 is 0 Å². The quantitative estimate of drug-likeness (QED) is 0.0549. The Labute approximate surface area is 272 Å². The van der Waals surface area contributed by atoms with Crippen LogP contribution < -0.4 is 5.32 Å². The summed E-state index contributed by atoms with van der Waals surface area (Å²) in [5.41, 5.74) is 0. The van der Waals surface area contributed by atoms with Gasteiger partial charge in [0.1, 0.15) is 6.04 Å². The predicted molar refractivity (Wildman–Crippen MR) is 185 cm³/mol. The number of ether oxygens (including phenoxy) is 1. The lowest BCUT2D eigenvalue weighted by atomic mass is 10.0. The van der Waals surface area contributed by atoms with E-state index in [0.29, 0.717) is 13.0 Å². The smallest absolute Gasteiger partial charge is 0.328 e. The molecule has 2 N–H and O–H groups in total. The Balaban J connectivity index is 3.79. The highest BCUT2D eigenvalue weighted by Gasteiger charge is 2.23. The van der Waals surface area contributed by atoms with Gasteiger partial charge < -0.3 is 15.2 Å². The van der Waals surface area contributed by atoms with E-state index in [1.807, 2.05) is 0 Å². The van der Waals surface area contributed by atoms with E-state index in [9.17, 15) is 14.4 Å². The molecule has 260 valence electrons. The monoisotopic (exact) mass is 624 g/mol. The van der Waals surface area contributed by atoms with Crippen molar-refractivity contribution in [1.29, 1.82) is 0 Å². The van der Waals surface area contributed by atoms with E-state index < -0.39 is 18.0 Å². The topological polar surface area (TPSA) is 92.7 Å². The van der Waals surface area contributed by atoms with Crippen LogP contribution in [0.25, 0.3) is 0 Å². The van der Waals surface area contributed by atoms with Crippen LogP contribution in [0.15, 0.2) is 0 Å². The highest BCUT2D eigenvalue weighted by Crippen LogP contribution is 2.15. The van der Waals surface area contributed by atoms with Crippen LogP contribution in [-0.2, 0) is 19.1 Å². The van der Waals surface area contributed by atoms with Gasteiger partial charge in [-0.1, -0.05) is 175 Å². The third-order valence-electron chi connectivity index (χ3n) is 8.69. The normalized spacial score (nSPS) is 12.0. The van der Waals surface area contributed by atoms with Crippen molar-refractivity contribution in [3.05, 3.63) is 0 Å². The lowest BCUT2D eigenvalue weighted by molar-refractivity contribution is -0.148. The third kappa shape index (κ3) is 31.8. The van der Waals surface area contributed by atoms with Crippen molar-refractivity contribution >= 4 is 17.8 Å².